The van der Waals surface area contributed by atoms with Crippen LogP contribution in [0.4, 0.5) is 23.1 Å². The van der Waals surface area contributed by atoms with E-state index in [0.717, 1.165) is 36.9 Å². The Morgan fingerprint density at radius 2 is 1.79 bits per heavy atom. The zero-order chi connectivity index (χ0) is 19.3. The van der Waals surface area contributed by atoms with E-state index in [2.05, 4.69) is 42.4 Å². The highest BCUT2D eigenvalue weighted by Crippen LogP contribution is 2.23. The first-order valence-corrected chi connectivity index (χ1v) is 9.32. The lowest BCUT2D eigenvalue weighted by atomic mass is 10.2. The van der Waals surface area contributed by atoms with Gasteiger partial charge >= 0.3 is 0 Å². The van der Waals surface area contributed by atoms with E-state index in [-0.39, 0.29) is 0 Å². The average Bonchev–Trinajstić information content (AvgIpc) is 2.74. The molecule has 1 aromatic heterocycles. The van der Waals surface area contributed by atoms with Crippen molar-refractivity contribution in [2.45, 2.75) is 0 Å². The summed E-state index contributed by atoms with van der Waals surface area (Å²) in [5.74, 6) is 1.13. The fourth-order valence-corrected chi connectivity index (χ4v) is 3.34. The summed E-state index contributed by atoms with van der Waals surface area (Å²) in [5.41, 5.74) is 2.37. The number of aromatic nitrogens is 3. The first kappa shape index (κ1) is 18.0. The molecule has 4 rings (SSSR count). The molecule has 1 fully saturated rings. The zero-order valence-electron chi connectivity index (χ0n) is 15.1. The second kappa shape index (κ2) is 8.11. The first-order valence-electron chi connectivity index (χ1n) is 8.94. The molecule has 140 valence electrons. The SMILES string of the molecule is N#Cc1ccccc1Nc1cnnc(N2CCN(c3cccc(Cl)c3)CC2)n1. The van der Waals surface area contributed by atoms with Crippen LogP contribution in [-0.2, 0) is 0 Å². The van der Waals surface area contributed by atoms with Crippen LogP contribution in [-0.4, -0.2) is 41.4 Å². The number of para-hydroxylation sites is 1. The molecule has 0 radical (unpaired) electrons. The summed E-state index contributed by atoms with van der Waals surface area (Å²) in [5, 5.41) is 21.4. The first-order chi connectivity index (χ1) is 13.7. The number of nitrogens with one attached hydrogen (secondary N) is 1. The minimum absolute atomic E-state index is 0.554. The highest BCUT2D eigenvalue weighted by atomic mass is 35.5. The van der Waals surface area contributed by atoms with Crippen LogP contribution >= 0.6 is 11.6 Å². The van der Waals surface area contributed by atoms with Gasteiger partial charge in [0.15, 0.2) is 5.82 Å². The molecule has 1 saturated heterocycles. The van der Waals surface area contributed by atoms with Gasteiger partial charge in [0.1, 0.15) is 6.07 Å². The number of rotatable bonds is 4. The second-order valence-electron chi connectivity index (χ2n) is 6.38. The molecule has 3 aromatic rings. The van der Waals surface area contributed by atoms with Gasteiger partial charge in [-0.3, -0.25) is 0 Å². The van der Waals surface area contributed by atoms with Crippen LogP contribution in [0.3, 0.4) is 0 Å². The second-order valence-corrected chi connectivity index (χ2v) is 6.81. The fraction of sp³-hybridized carbons (Fsp3) is 0.200. The summed E-state index contributed by atoms with van der Waals surface area (Å²) in [6.07, 6.45) is 1.56. The molecule has 28 heavy (non-hydrogen) atoms. The van der Waals surface area contributed by atoms with Crippen molar-refractivity contribution in [3.05, 3.63) is 65.3 Å². The van der Waals surface area contributed by atoms with Crippen molar-refractivity contribution >= 4 is 34.7 Å². The van der Waals surface area contributed by atoms with Crippen molar-refractivity contribution in [3.63, 3.8) is 0 Å². The van der Waals surface area contributed by atoms with Crippen molar-refractivity contribution in [2.24, 2.45) is 0 Å². The quantitative estimate of drug-likeness (QED) is 0.729. The Balaban J connectivity index is 1.45. The average molecular weight is 392 g/mol. The van der Waals surface area contributed by atoms with E-state index in [1.807, 2.05) is 36.4 Å². The van der Waals surface area contributed by atoms with Gasteiger partial charge in [0.05, 0.1) is 17.4 Å². The smallest absolute Gasteiger partial charge is 0.247 e. The fourth-order valence-electron chi connectivity index (χ4n) is 3.15. The largest absolute Gasteiger partial charge is 0.368 e. The third-order valence-corrected chi connectivity index (χ3v) is 4.83. The number of piperazine rings is 1. The van der Waals surface area contributed by atoms with Crippen LogP contribution in [0.2, 0.25) is 5.02 Å². The molecule has 0 bridgehead atoms. The predicted octanol–water partition coefficient (Wildman–Crippen LogP) is 3.47. The number of nitrogens with zero attached hydrogens (tertiary/aromatic N) is 6. The van der Waals surface area contributed by atoms with Gasteiger partial charge in [-0.05, 0) is 30.3 Å². The van der Waals surface area contributed by atoms with E-state index in [1.165, 1.54) is 0 Å². The number of hydrogen-bond donors (Lipinski definition) is 1. The molecule has 1 aliphatic heterocycles. The third kappa shape index (κ3) is 3.97. The molecule has 0 saturated carbocycles. The number of hydrogen-bond acceptors (Lipinski definition) is 7. The van der Waals surface area contributed by atoms with Crippen LogP contribution < -0.4 is 15.1 Å². The molecule has 7 nitrogen and oxygen atoms in total. The Hall–Kier alpha value is -3.37. The molecule has 0 amide bonds. The summed E-state index contributed by atoms with van der Waals surface area (Å²) >= 11 is 6.10. The maximum Gasteiger partial charge on any atom is 0.247 e. The number of halogens is 1. The third-order valence-electron chi connectivity index (χ3n) is 4.59. The minimum atomic E-state index is 0.554. The molecule has 2 aromatic carbocycles. The Kier molecular flexibility index (Phi) is 5.22. The maximum atomic E-state index is 9.23. The zero-order valence-corrected chi connectivity index (χ0v) is 15.8. The lowest BCUT2D eigenvalue weighted by Gasteiger charge is -2.36. The molecule has 0 atom stereocenters. The Bertz CT molecular complexity index is 1010. The molecule has 0 spiro atoms. The van der Waals surface area contributed by atoms with Gasteiger partial charge in [0.2, 0.25) is 5.95 Å². The van der Waals surface area contributed by atoms with Crippen molar-refractivity contribution in [1.82, 2.24) is 15.2 Å². The van der Waals surface area contributed by atoms with Crippen molar-refractivity contribution in [3.8, 4) is 6.07 Å². The van der Waals surface area contributed by atoms with Crippen LogP contribution in [0, 0.1) is 11.3 Å². The van der Waals surface area contributed by atoms with E-state index in [9.17, 15) is 5.26 Å². The summed E-state index contributed by atoms with van der Waals surface area (Å²) in [7, 11) is 0. The van der Waals surface area contributed by atoms with Crippen LogP contribution in [0.25, 0.3) is 0 Å². The topological polar surface area (TPSA) is 81.0 Å². The molecule has 0 aliphatic carbocycles. The normalized spacial score (nSPS) is 13.9. The molecule has 8 heteroatoms. The maximum absolute atomic E-state index is 9.23. The summed E-state index contributed by atoms with van der Waals surface area (Å²) in [6, 6.07) is 17.3. The predicted molar refractivity (Wildman–Crippen MR) is 110 cm³/mol. The molecule has 0 unspecified atom stereocenters. The monoisotopic (exact) mass is 391 g/mol. The van der Waals surface area contributed by atoms with Crippen LogP contribution in [0.15, 0.2) is 54.7 Å². The highest BCUT2D eigenvalue weighted by molar-refractivity contribution is 6.30. The Morgan fingerprint density at radius 1 is 1.00 bits per heavy atom. The summed E-state index contributed by atoms with van der Waals surface area (Å²) < 4.78 is 0. The molecule has 1 aliphatic rings. The lowest BCUT2D eigenvalue weighted by molar-refractivity contribution is 0.635. The number of benzene rings is 2. The Morgan fingerprint density at radius 3 is 2.57 bits per heavy atom. The molecular weight excluding hydrogens is 374 g/mol. The van der Waals surface area contributed by atoms with Crippen molar-refractivity contribution in [1.29, 1.82) is 5.26 Å². The lowest BCUT2D eigenvalue weighted by Crippen LogP contribution is -2.47. The van der Waals surface area contributed by atoms with E-state index < -0.39 is 0 Å². The van der Waals surface area contributed by atoms with Crippen molar-refractivity contribution < 1.29 is 0 Å². The van der Waals surface area contributed by atoms with Gasteiger partial charge in [-0.15, -0.1) is 5.10 Å². The minimum Gasteiger partial charge on any atom is -0.368 e. The summed E-state index contributed by atoms with van der Waals surface area (Å²) in [4.78, 5) is 8.97. The summed E-state index contributed by atoms with van der Waals surface area (Å²) in [6.45, 7) is 3.26. The van der Waals surface area contributed by atoms with Gasteiger partial charge in [0, 0.05) is 36.9 Å². The van der Waals surface area contributed by atoms with Gasteiger partial charge in [-0.25, -0.2) is 0 Å². The van der Waals surface area contributed by atoms with Gasteiger partial charge < -0.3 is 15.1 Å². The standard InChI is InChI=1S/C20H18ClN7/c21-16-5-3-6-17(12-16)27-8-10-28(11-9-27)20-25-19(14-23-26-20)24-18-7-2-1-4-15(18)13-22/h1-7,12,14H,8-11H2,(H,24,25,26). The van der Waals surface area contributed by atoms with E-state index in [4.69, 9.17) is 11.6 Å². The van der Waals surface area contributed by atoms with E-state index >= 15 is 0 Å². The van der Waals surface area contributed by atoms with E-state index in [1.54, 1.807) is 12.3 Å². The van der Waals surface area contributed by atoms with Gasteiger partial charge in [-0.1, -0.05) is 29.8 Å². The highest BCUT2D eigenvalue weighted by Gasteiger charge is 2.20. The number of nitriles is 1. The van der Waals surface area contributed by atoms with Crippen molar-refractivity contribution in [2.75, 3.05) is 41.3 Å². The van der Waals surface area contributed by atoms with Crippen LogP contribution in [0.5, 0.6) is 0 Å². The Labute approximate surface area is 168 Å². The number of anilines is 4. The molecular formula is C20H18ClN7. The molecule has 2 heterocycles. The van der Waals surface area contributed by atoms with Crippen LogP contribution in [0.1, 0.15) is 5.56 Å². The van der Waals surface area contributed by atoms with Gasteiger partial charge in [-0.2, -0.15) is 15.3 Å². The molecule has 1 N–H and O–H groups in total. The van der Waals surface area contributed by atoms with Gasteiger partial charge in [0.25, 0.3) is 0 Å². The van der Waals surface area contributed by atoms with E-state index in [0.29, 0.717) is 23.0 Å².